The van der Waals surface area contributed by atoms with Crippen LogP contribution in [0.2, 0.25) is 0 Å². The van der Waals surface area contributed by atoms with E-state index in [0.717, 1.165) is 0 Å². The summed E-state index contributed by atoms with van der Waals surface area (Å²) in [5.74, 6) is -0.463. The lowest BCUT2D eigenvalue weighted by atomic mass is 10.0. The van der Waals surface area contributed by atoms with Crippen LogP contribution in [0, 0.1) is 5.92 Å². The minimum Gasteiger partial charge on any atom is -0.478 e. The van der Waals surface area contributed by atoms with E-state index in [4.69, 9.17) is 5.11 Å². The first kappa shape index (κ1) is 11.6. The highest BCUT2D eigenvalue weighted by atomic mass is 16.4. The third-order valence-electron chi connectivity index (χ3n) is 2.88. The number of carboxylic acid groups (broad SMARTS) is 1. The fourth-order valence-electron chi connectivity index (χ4n) is 1.70. The Morgan fingerprint density at radius 1 is 1.29 bits per heavy atom. The van der Waals surface area contributed by atoms with Gasteiger partial charge >= 0.3 is 5.97 Å². The molecule has 1 amide bonds. The zero-order chi connectivity index (χ0) is 12.3. The highest BCUT2D eigenvalue weighted by Gasteiger charge is 2.21. The summed E-state index contributed by atoms with van der Waals surface area (Å²) in [6, 6.07) is 6.61. The van der Waals surface area contributed by atoms with E-state index in [0.29, 0.717) is 18.0 Å². The van der Waals surface area contributed by atoms with Gasteiger partial charge in [0, 0.05) is 6.54 Å². The summed E-state index contributed by atoms with van der Waals surface area (Å²) < 4.78 is 0. The highest BCUT2D eigenvalue weighted by molar-refractivity contribution is 5.91. The van der Waals surface area contributed by atoms with Crippen molar-refractivity contribution in [2.24, 2.45) is 5.92 Å². The molecule has 1 aliphatic rings. The molecular weight excluding hydrogens is 218 g/mol. The van der Waals surface area contributed by atoms with Gasteiger partial charge in [-0.25, -0.2) is 4.79 Å². The van der Waals surface area contributed by atoms with Crippen LogP contribution in [-0.2, 0) is 11.2 Å². The molecule has 90 valence electrons. The van der Waals surface area contributed by atoms with Gasteiger partial charge in [-0.1, -0.05) is 18.2 Å². The van der Waals surface area contributed by atoms with Gasteiger partial charge < -0.3 is 10.4 Å². The lowest BCUT2D eigenvalue weighted by Gasteiger charge is -2.06. The lowest BCUT2D eigenvalue weighted by Crippen LogP contribution is -2.27. The summed E-state index contributed by atoms with van der Waals surface area (Å²) in [4.78, 5) is 22.6. The molecule has 17 heavy (non-hydrogen) atoms. The Morgan fingerprint density at radius 3 is 2.65 bits per heavy atom. The molecule has 0 spiro atoms. The Bertz CT molecular complexity index is 438. The molecule has 0 unspecified atom stereocenters. The quantitative estimate of drug-likeness (QED) is 0.809. The SMILES string of the molecule is O=C(Cc1ccccc1C(=O)O)NCC1CC1. The van der Waals surface area contributed by atoms with Crippen LogP contribution in [0.25, 0.3) is 0 Å². The lowest BCUT2D eigenvalue weighted by molar-refractivity contribution is -0.120. The van der Waals surface area contributed by atoms with Gasteiger partial charge in [-0.05, 0) is 30.4 Å². The van der Waals surface area contributed by atoms with Crippen molar-refractivity contribution in [2.75, 3.05) is 6.54 Å². The average molecular weight is 233 g/mol. The van der Waals surface area contributed by atoms with Crippen LogP contribution >= 0.6 is 0 Å². The summed E-state index contributed by atoms with van der Waals surface area (Å²) >= 11 is 0. The second kappa shape index (κ2) is 4.99. The molecule has 1 aromatic rings. The van der Waals surface area contributed by atoms with E-state index in [9.17, 15) is 9.59 Å². The van der Waals surface area contributed by atoms with E-state index >= 15 is 0 Å². The first-order valence-electron chi connectivity index (χ1n) is 5.74. The summed E-state index contributed by atoms with van der Waals surface area (Å²) in [6.45, 7) is 0.716. The molecule has 0 saturated heterocycles. The molecule has 1 saturated carbocycles. The maximum absolute atomic E-state index is 11.6. The van der Waals surface area contributed by atoms with Gasteiger partial charge in [0.15, 0.2) is 0 Å². The van der Waals surface area contributed by atoms with Crippen molar-refractivity contribution in [3.8, 4) is 0 Å². The molecular formula is C13H15NO3. The number of carbonyl (C=O) groups is 2. The third-order valence-corrected chi connectivity index (χ3v) is 2.88. The van der Waals surface area contributed by atoms with Crippen molar-refractivity contribution in [1.29, 1.82) is 0 Å². The fourth-order valence-corrected chi connectivity index (χ4v) is 1.70. The molecule has 1 fully saturated rings. The Kier molecular flexibility index (Phi) is 3.42. The molecule has 0 aromatic heterocycles. The van der Waals surface area contributed by atoms with E-state index < -0.39 is 5.97 Å². The van der Waals surface area contributed by atoms with Gasteiger partial charge in [-0.2, -0.15) is 0 Å². The molecule has 0 radical (unpaired) electrons. The normalized spacial score (nSPS) is 14.4. The van der Waals surface area contributed by atoms with Crippen LogP contribution in [0.15, 0.2) is 24.3 Å². The van der Waals surface area contributed by atoms with Crippen LogP contribution < -0.4 is 5.32 Å². The van der Waals surface area contributed by atoms with E-state index in [2.05, 4.69) is 5.32 Å². The summed E-state index contributed by atoms with van der Waals surface area (Å²) in [5.41, 5.74) is 0.766. The van der Waals surface area contributed by atoms with Gasteiger partial charge in [0.25, 0.3) is 0 Å². The Balaban J connectivity index is 1.96. The topological polar surface area (TPSA) is 66.4 Å². The van der Waals surface area contributed by atoms with E-state index in [1.165, 1.54) is 18.9 Å². The zero-order valence-corrected chi connectivity index (χ0v) is 9.48. The van der Waals surface area contributed by atoms with Crippen molar-refractivity contribution in [3.63, 3.8) is 0 Å². The van der Waals surface area contributed by atoms with Crippen molar-refractivity contribution in [1.82, 2.24) is 5.32 Å². The minimum atomic E-state index is -0.990. The molecule has 1 aromatic carbocycles. The zero-order valence-electron chi connectivity index (χ0n) is 9.48. The molecule has 0 bridgehead atoms. The molecule has 0 atom stereocenters. The van der Waals surface area contributed by atoms with Crippen LogP contribution in [0.1, 0.15) is 28.8 Å². The molecule has 2 N–H and O–H groups in total. The monoisotopic (exact) mass is 233 g/mol. The highest BCUT2D eigenvalue weighted by Crippen LogP contribution is 2.27. The number of hydrogen-bond donors (Lipinski definition) is 2. The predicted octanol–water partition coefficient (Wildman–Crippen LogP) is 1.45. The predicted molar refractivity (Wildman–Crippen MR) is 62.8 cm³/mol. The van der Waals surface area contributed by atoms with Gasteiger partial charge in [0.1, 0.15) is 0 Å². The Hall–Kier alpha value is -1.84. The molecule has 4 heteroatoms. The third kappa shape index (κ3) is 3.31. The van der Waals surface area contributed by atoms with Crippen molar-refractivity contribution in [3.05, 3.63) is 35.4 Å². The molecule has 0 aliphatic heterocycles. The number of benzene rings is 1. The number of rotatable bonds is 5. The summed E-state index contributed by atoms with van der Waals surface area (Å²) in [7, 11) is 0. The van der Waals surface area contributed by atoms with Crippen LogP contribution in [0.5, 0.6) is 0 Å². The van der Waals surface area contributed by atoms with Crippen LogP contribution in [0.3, 0.4) is 0 Å². The van der Waals surface area contributed by atoms with Crippen LogP contribution in [-0.4, -0.2) is 23.5 Å². The number of nitrogens with one attached hydrogen (secondary N) is 1. The first-order valence-corrected chi connectivity index (χ1v) is 5.74. The van der Waals surface area contributed by atoms with Gasteiger partial charge in [0.2, 0.25) is 5.91 Å². The van der Waals surface area contributed by atoms with E-state index in [1.54, 1.807) is 18.2 Å². The van der Waals surface area contributed by atoms with Crippen molar-refractivity contribution in [2.45, 2.75) is 19.3 Å². The largest absolute Gasteiger partial charge is 0.478 e. The fraction of sp³-hybridized carbons (Fsp3) is 0.385. The number of carboxylic acids is 1. The first-order chi connectivity index (χ1) is 8.16. The molecule has 2 rings (SSSR count). The van der Waals surface area contributed by atoms with Gasteiger partial charge in [0.05, 0.1) is 12.0 Å². The van der Waals surface area contributed by atoms with Gasteiger partial charge in [-0.15, -0.1) is 0 Å². The summed E-state index contributed by atoms with van der Waals surface area (Å²) in [6.07, 6.45) is 2.51. The van der Waals surface area contributed by atoms with E-state index in [-0.39, 0.29) is 17.9 Å². The summed E-state index contributed by atoms with van der Waals surface area (Å²) in [5, 5.41) is 11.8. The smallest absolute Gasteiger partial charge is 0.335 e. The minimum absolute atomic E-state index is 0.106. The molecule has 1 aliphatic carbocycles. The Morgan fingerprint density at radius 2 is 2.00 bits per heavy atom. The van der Waals surface area contributed by atoms with Crippen molar-refractivity contribution < 1.29 is 14.7 Å². The second-order valence-corrected chi connectivity index (χ2v) is 4.39. The maximum Gasteiger partial charge on any atom is 0.335 e. The van der Waals surface area contributed by atoms with Gasteiger partial charge in [-0.3, -0.25) is 4.79 Å². The number of hydrogen-bond acceptors (Lipinski definition) is 2. The average Bonchev–Trinajstić information content (AvgIpc) is 3.10. The maximum atomic E-state index is 11.6. The van der Waals surface area contributed by atoms with Crippen LogP contribution in [0.4, 0.5) is 0 Å². The number of aromatic carboxylic acids is 1. The number of carbonyl (C=O) groups excluding carboxylic acids is 1. The Labute approximate surface area is 99.6 Å². The number of amides is 1. The van der Waals surface area contributed by atoms with Crippen molar-refractivity contribution >= 4 is 11.9 Å². The standard InChI is InChI=1S/C13H15NO3/c15-12(14-8-9-5-6-9)7-10-3-1-2-4-11(10)13(16)17/h1-4,9H,5-8H2,(H,14,15)(H,16,17). The molecule has 4 nitrogen and oxygen atoms in total. The van der Waals surface area contributed by atoms with E-state index in [1.807, 2.05) is 0 Å². The molecule has 0 heterocycles. The second-order valence-electron chi connectivity index (χ2n) is 4.39.